The smallest absolute Gasteiger partial charge is 0.0931 e. The van der Waals surface area contributed by atoms with E-state index in [9.17, 15) is 0 Å². The molecule has 2 nitrogen and oxygen atoms in total. The van der Waals surface area contributed by atoms with Crippen LogP contribution in [0.3, 0.4) is 0 Å². The van der Waals surface area contributed by atoms with Crippen LogP contribution in [-0.2, 0) is 4.74 Å². The molecule has 0 amide bonds. The molecule has 1 fully saturated rings. The first-order chi connectivity index (χ1) is 9.33. The summed E-state index contributed by atoms with van der Waals surface area (Å²) in [6, 6.07) is 9.20. The fourth-order valence-corrected chi connectivity index (χ4v) is 4.36. The Morgan fingerprint density at radius 1 is 1.21 bits per heavy atom. The highest BCUT2D eigenvalue weighted by molar-refractivity contribution is 7.16. The second-order valence-corrected chi connectivity index (χ2v) is 7.37. The van der Waals surface area contributed by atoms with Crippen molar-refractivity contribution in [3.8, 4) is 0 Å². The van der Waals surface area contributed by atoms with Gasteiger partial charge in [-0.2, -0.15) is 0 Å². The minimum Gasteiger partial charge on any atom is -0.381 e. The van der Waals surface area contributed by atoms with Gasteiger partial charge in [0, 0.05) is 29.0 Å². The van der Waals surface area contributed by atoms with Crippen LogP contribution in [0.2, 0.25) is 4.34 Å². The second kappa shape index (κ2) is 6.37. The number of nitrogens with one attached hydrogen (secondary N) is 1. The molecule has 102 valence electrons. The van der Waals surface area contributed by atoms with Gasteiger partial charge in [0.25, 0.3) is 0 Å². The molecule has 3 heterocycles. The van der Waals surface area contributed by atoms with E-state index in [0.717, 1.165) is 30.4 Å². The fraction of sp³-hybridized carbons (Fsp3) is 0.429. The molecule has 3 rings (SSSR count). The molecule has 2 aromatic rings. The van der Waals surface area contributed by atoms with Gasteiger partial charge in [-0.25, -0.2) is 0 Å². The number of hydrogen-bond donors (Lipinski definition) is 1. The van der Waals surface area contributed by atoms with E-state index in [-0.39, 0.29) is 6.04 Å². The lowest BCUT2D eigenvalue weighted by molar-refractivity contribution is 0.0762. The third-order valence-corrected chi connectivity index (χ3v) is 5.56. The molecule has 5 heteroatoms. The van der Waals surface area contributed by atoms with Crippen molar-refractivity contribution in [1.82, 2.24) is 5.32 Å². The van der Waals surface area contributed by atoms with Gasteiger partial charge >= 0.3 is 0 Å². The normalized spacial score (nSPS) is 18.6. The molecular weight excluding hydrogens is 298 g/mol. The van der Waals surface area contributed by atoms with Gasteiger partial charge in [0.1, 0.15) is 0 Å². The van der Waals surface area contributed by atoms with Crippen LogP contribution in [0.5, 0.6) is 0 Å². The molecular formula is C14H16ClNOS2. The first-order valence-electron chi connectivity index (χ1n) is 6.45. The van der Waals surface area contributed by atoms with Gasteiger partial charge in [0.2, 0.25) is 0 Å². The third kappa shape index (κ3) is 3.38. The topological polar surface area (TPSA) is 21.3 Å². The molecule has 0 aliphatic carbocycles. The highest BCUT2D eigenvalue weighted by Gasteiger charge is 2.22. The molecule has 0 spiro atoms. The first-order valence-corrected chi connectivity index (χ1v) is 8.53. The molecule has 2 aromatic heterocycles. The summed E-state index contributed by atoms with van der Waals surface area (Å²) in [6.07, 6.45) is 2.17. The summed E-state index contributed by atoms with van der Waals surface area (Å²) in [5, 5.41) is 5.90. The molecule has 1 N–H and O–H groups in total. The molecule has 0 saturated carbocycles. The van der Waals surface area contributed by atoms with Gasteiger partial charge in [-0.3, -0.25) is 0 Å². The predicted molar refractivity (Wildman–Crippen MR) is 82.5 cm³/mol. The SMILES string of the molecule is Clc1ccc(C(NC2CCOCC2)c2cccs2)s1. The molecule has 1 saturated heterocycles. The standard InChI is InChI=1S/C14H16ClNOS2/c15-13-4-3-12(19-13)14(11-2-1-9-18-11)16-10-5-7-17-8-6-10/h1-4,9-10,14,16H,5-8H2. The maximum absolute atomic E-state index is 6.08. The van der Waals surface area contributed by atoms with Crippen molar-refractivity contribution in [3.63, 3.8) is 0 Å². The molecule has 0 aromatic carbocycles. The van der Waals surface area contributed by atoms with Gasteiger partial charge in [-0.15, -0.1) is 22.7 Å². The lowest BCUT2D eigenvalue weighted by Gasteiger charge is -2.27. The van der Waals surface area contributed by atoms with Crippen molar-refractivity contribution in [2.24, 2.45) is 0 Å². The number of rotatable bonds is 4. The minimum absolute atomic E-state index is 0.264. The summed E-state index contributed by atoms with van der Waals surface area (Å²) < 4.78 is 6.28. The zero-order valence-corrected chi connectivity index (χ0v) is 12.9. The first kappa shape index (κ1) is 13.6. The Hall–Kier alpha value is -0.390. The van der Waals surface area contributed by atoms with Crippen LogP contribution >= 0.6 is 34.3 Å². The molecule has 0 bridgehead atoms. The summed E-state index contributed by atoms with van der Waals surface area (Å²) in [5.41, 5.74) is 0. The van der Waals surface area contributed by atoms with Crippen LogP contribution in [0.4, 0.5) is 0 Å². The second-order valence-electron chi connectivity index (χ2n) is 4.64. The van der Waals surface area contributed by atoms with Crippen LogP contribution < -0.4 is 5.32 Å². The van der Waals surface area contributed by atoms with Crippen LogP contribution in [0.15, 0.2) is 29.6 Å². The van der Waals surface area contributed by atoms with Gasteiger partial charge in [0.15, 0.2) is 0 Å². The Kier molecular flexibility index (Phi) is 4.56. The molecule has 19 heavy (non-hydrogen) atoms. The fourth-order valence-electron chi connectivity index (χ4n) is 2.34. The van der Waals surface area contributed by atoms with Crippen LogP contribution in [0.25, 0.3) is 0 Å². The third-order valence-electron chi connectivity index (χ3n) is 3.33. The average molecular weight is 314 g/mol. The summed E-state index contributed by atoms with van der Waals surface area (Å²) in [6.45, 7) is 1.72. The minimum atomic E-state index is 0.264. The largest absolute Gasteiger partial charge is 0.381 e. The number of thiophene rings is 2. The van der Waals surface area contributed by atoms with Gasteiger partial charge in [0.05, 0.1) is 10.4 Å². The summed E-state index contributed by atoms with van der Waals surface area (Å²) >= 11 is 9.54. The maximum Gasteiger partial charge on any atom is 0.0931 e. The Labute approximate surface area is 126 Å². The number of ether oxygens (including phenoxy) is 1. The van der Waals surface area contributed by atoms with Crippen molar-refractivity contribution in [1.29, 1.82) is 0 Å². The maximum atomic E-state index is 6.08. The zero-order valence-electron chi connectivity index (χ0n) is 10.5. The Morgan fingerprint density at radius 3 is 2.68 bits per heavy atom. The zero-order chi connectivity index (χ0) is 13.1. The number of hydrogen-bond acceptors (Lipinski definition) is 4. The van der Waals surface area contributed by atoms with Crippen molar-refractivity contribution in [2.75, 3.05) is 13.2 Å². The van der Waals surface area contributed by atoms with E-state index in [0.29, 0.717) is 6.04 Å². The Bertz CT molecular complexity index is 505. The van der Waals surface area contributed by atoms with Gasteiger partial charge < -0.3 is 10.1 Å². The monoisotopic (exact) mass is 313 g/mol. The average Bonchev–Trinajstić information content (AvgIpc) is 3.09. The van der Waals surface area contributed by atoms with E-state index in [1.807, 2.05) is 6.07 Å². The highest BCUT2D eigenvalue weighted by atomic mass is 35.5. The summed E-state index contributed by atoms with van der Waals surface area (Å²) in [5.74, 6) is 0. The summed E-state index contributed by atoms with van der Waals surface area (Å²) in [4.78, 5) is 2.64. The van der Waals surface area contributed by atoms with Gasteiger partial charge in [-0.05, 0) is 36.4 Å². The molecule has 1 atom stereocenters. The van der Waals surface area contributed by atoms with E-state index in [1.54, 1.807) is 22.7 Å². The Morgan fingerprint density at radius 2 is 2.05 bits per heavy atom. The molecule has 1 aliphatic rings. The van der Waals surface area contributed by atoms with E-state index in [4.69, 9.17) is 16.3 Å². The van der Waals surface area contributed by atoms with Gasteiger partial charge in [-0.1, -0.05) is 17.7 Å². The highest BCUT2D eigenvalue weighted by Crippen LogP contribution is 2.33. The van der Waals surface area contributed by atoms with Crippen LogP contribution in [-0.4, -0.2) is 19.3 Å². The van der Waals surface area contributed by atoms with Crippen LogP contribution in [0.1, 0.15) is 28.6 Å². The molecule has 0 radical (unpaired) electrons. The summed E-state index contributed by atoms with van der Waals surface area (Å²) in [7, 11) is 0. The van der Waals surface area contributed by atoms with Crippen molar-refractivity contribution >= 4 is 34.3 Å². The lowest BCUT2D eigenvalue weighted by Crippen LogP contribution is -2.37. The molecule has 1 aliphatic heterocycles. The van der Waals surface area contributed by atoms with Crippen molar-refractivity contribution < 1.29 is 4.74 Å². The van der Waals surface area contributed by atoms with E-state index in [2.05, 4.69) is 28.9 Å². The molecule has 1 unspecified atom stereocenters. The number of halogens is 1. The van der Waals surface area contributed by atoms with Crippen molar-refractivity contribution in [3.05, 3.63) is 43.7 Å². The van der Waals surface area contributed by atoms with E-state index >= 15 is 0 Å². The van der Waals surface area contributed by atoms with E-state index < -0.39 is 0 Å². The van der Waals surface area contributed by atoms with Crippen LogP contribution in [0, 0.1) is 0 Å². The Balaban J connectivity index is 1.80. The predicted octanol–water partition coefficient (Wildman–Crippen LogP) is 4.32. The van der Waals surface area contributed by atoms with E-state index in [1.165, 1.54) is 9.75 Å². The van der Waals surface area contributed by atoms with Crippen molar-refractivity contribution in [2.45, 2.75) is 24.9 Å². The quantitative estimate of drug-likeness (QED) is 0.907. The lowest BCUT2D eigenvalue weighted by atomic mass is 10.1.